The van der Waals surface area contributed by atoms with Crippen LogP contribution in [0.4, 0.5) is 0 Å². The zero-order valence-electron chi connectivity index (χ0n) is 22.7. The first-order valence-electron chi connectivity index (χ1n) is 14.3. The van der Waals surface area contributed by atoms with Gasteiger partial charge in [-0.2, -0.15) is 0 Å². The van der Waals surface area contributed by atoms with Gasteiger partial charge in [-0.1, -0.05) is 115 Å². The molecular formula is C40H24O2. The molecule has 0 unspecified atom stereocenters. The van der Waals surface area contributed by atoms with Gasteiger partial charge in [0.05, 0.1) is 6.26 Å². The Bertz CT molecular complexity index is 2400. The van der Waals surface area contributed by atoms with Crippen molar-refractivity contribution in [3.05, 3.63) is 146 Å². The van der Waals surface area contributed by atoms with Gasteiger partial charge in [0.15, 0.2) is 0 Å². The normalized spacial score (nSPS) is 11.8. The van der Waals surface area contributed by atoms with Crippen molar-refractivity contribution < 1.29 is 8.83 Å². The number of hydrogen-bond acceptors (Lipinski definition) is 2. The average molecular weight is 537 g/mol. The zero-order valence-corrected chi connectivity index (χ0v) is 22.7. The van der Waals surface area contributed by atoms with Gasteiger partial charge in [0.1, 0.15) is 16.7 Å². The van der Waals surface area contributed by atoms with Crippen molar-refractivity contribution in [1.82, 2.24) is 0 Å². The van der Waals surface area contributed by atoms with Gasteiger partial charge in [-0.3, -0.25) is 0 Å². The first-order valence-corrected chi connectivity index (χ1v) is 14.3. The maximum Gasteiger partial charge on any atom is 0.141 e. The number of furan rings is 2. The second kappa shape index (κ2) is 8.95. The van der Waals surface area contributed by atoms with Gasteiger partial charge >= 0.3 is 0 Å². The largest absolute Gasteiger partial charge is 0.464 e. The van der Waals surface area contributed by atoms with Crippen LogP contribution in [-0.2, 0) is 0 Å². The first-order chi connectivity index (χ1) is 20.8. The molecule has 0 aliphatic rings. The van der Waals surface area contributed by atoms with Gasteiger partial charge in [-0.05, 0) is 73.6 Å². The van der Waals surface area contributed by atoms with Crippen molar-refractivity contribution in [2.45, 2.75) is 0 Å². The fourth-order valence-electron chi connectivity index (χ4n) is 6.67. The van der Waals surface area contributed by atoms with Crippen LogP contribution in [0.3, 0.4) is 0 Å². The Morgan fingerprint density at radius 1 is 0.381 bits per heavy atom. The van der Waals surface area contributed by atoms with Crippen molar-refractivity contribution in [1.29, 1.82) is 0 Å². The van der Waals surface area contributed by atoms with Crippen LogP contribution in [0.2, 0.25) is 0 Å². The Kier molecular flexibility index (Phi) is 4.93. The van der Waals surface area contributed by atoms with E-state index in [1.54, 1.807) is 6.26 Å². The molecule has 2 heterocycles. The lowest BCUT2D eigenvalue weighted by molar-refractivity contribution is 0.617. The van der Waals surface area contributed by atoms with Crippen molar-refractivity contribution in [3.63, 3.8) is 0 Å². The Labute approximate surface area is 242 Å². The van der Waals surface area contributed by atoms with Gasteiger partial charge in [0.2, 0.25) is 0 Å². The topological polar surface area (TPSA) is 26.3 Å². The Balaban J connectivity index is 1.28. The number of hydrogen-bond donors (Lipinski definition) is 0. The minimum Gasteiger partial charge on any atom is -0.464 e. The summed E-state index contributed by atoms with van der Waals surface area (Å²) in [4.78, 5) is 0. The molecule has 7 aromatic carbocycles. The summed E-state index contributed by atoms with van der Waals surface area (Å²) in [5.41, 5.74) is 9.89. The van der Waals surface area contributed by atoms with E-state index in [2.05, 4.69) is 121 Å². The molecule has 196 valence electrons. The molecule has 0 atom stereocenters. The monoisotopic (exact) mass is 536 g/mol. The van der Waals surface area contributed by atoms with E-state index in [1.165, 1.54) is 43.8 Å². The van der Waals surface area contributed by atoms with E-state index in [0.717, 1.165) is 44.0 Å². The van der Waals surface area contributed by atoms with Crippen molar-refractivity contribution in [2.24, 2.45) is 0 Å². The molecule has 9 aromatic rings. The van der Waals surface area contributed by atoms with Crippen LogP contribution in [0.15, 0.2) is 155 Å². The Morgan fingerprint density at radius 2 is 0.952 bits per heavy atom. The lowest BCUT2D eigenvalue weighted by Crippen LogP contribution is -1.91. The number of benzene rings is 7. The van der Waals surface area contributed by atoms with E-state index in [4.69, 9.17) is 8.83 Å². The standard InChI is InChI=1S/C40H24O2/c1-3-12-33-31(10-1)38(26-18-16-25(17-19-26)29-14-7-8-27-22-23-41-40(27)29)32-11-2-4-13-34(32)39(33)28-20-21-37-35(24-28)30-9-5-6-15-36(30)42-37/h1-24H. The Morgan fingerprint density at radius 3 is 1.67 bits per heavy atom. The highest BCUT2D eigenvalue weighted by Crippen LogP contribution is 2.45. The SMILES string of the molecule is c1cc(-c2ccc(-c3c4ccccc4c(-c4ccc5oc6ccccc6c5c4)c4ccccc34)cc2)c2occc2c1. The lowest BCUT2D eigenvalue weighted by atomic mass is 9.85. The molecule has 2 heteroatoms. The predicted molar refractivity (Wildman–Crippen MR) is 175 cm³/mol. The highest BCUT2D eigenvalue weighted by molar-refractivity contribution is 6.22. The highest BCUT2D eigenvalue weighted by atomic mass is 16.3. The quantitative estimate of drug-likeness (QED) is 0.210. The second-order valence-corrected chi connectivity index (χ2v) is 10.9. The molecule has 0 saturated carbocycles. The van der Waals surface area contributed by atoms with Crippen LogP contribution in [0.5, 0.6) is 0 Å². The summed E-state index contributed by atoms with van der Waals surface area (Å²) in [6.07, 6.45) is 1.76. The van der Waals surface area contributed by atoms with Crippen LogP contribution in [-0.4, -0.2) is 0 Å². The van der Waals surface area contributed by atoms with Crippen LogP contribution in [0, 0.1) is 0 Å². The maximum atomic E-state index is 6.15. The Hall–Kier alpha value is -5.60. The van der Waals surface area contributed by atoms with E-state index < -0.39 is 0 Å². The summed E-state index contributed by atoms with van der Waals surface area (Å²) in [7, 11) is 0. The first kappa shape index (κ1) is 23.1. The molecule has 2 nitrogen and oxygen atoms in total. The van der Waals surface area contributed by atoms with Crippen LogP contribution < -0.4 is 0 Å². The molecule has 42 heavy (non-hydrogen) atoms. The minimum absolute atomic E-state index is 0.913. The van der Waals surface area contributed by atoms with Crippen molar-refractivity contribution >= 4 is 54.5 Å². The molecular weight excluding hydrogens is 512 g/mol. The molecule has 0 aliphatic carbocycles. The fraction of sp³-hybridized carbons (Fsp3) is 0. The fourth-order valence-corrected chi connectivity index (χ4v) is 6.67. The summed E-state index contributed by atoms with van der Waals surface area (Å²) < 4.78 is 12.0. The van der Waals surface area contributed by atoms with E-state index >= 15 is 0 Å². The predicted octanol–water partition coefficient (Wildman–Crippen LogP) is 11.6. The van der Waals surface area contributed by atoms with E-state index in [0.29, 0.717) is 0 Å². The number of fused-ring (bicyclic) bond motifs is 6. The third kappa shape index (κ3) is 3.39. The van der Waals surface area contributed by atoms with Gasteiger partial charge in [0.25, 0.3) is 0 Å². The van der Waals surface area contributed by atoms with Gasteiger partial charge in [-0.25, -0.2) is 0 Å². The van der Waals surface area contributed by atoms with E-state index in [-0.39, 0.29) is 0 Å². The maximum absolute atomic E-state index is 6.15. The summed E-state index contributed by atoms with van der Waals surface area (Å²) in [5, 5.41) is 8.36. The molecule has 2 aromatic heterocycles. The smallest absolute Gasteiger partial charge is 0.141 e. The third-order valence-corrected chi connectivity index (χ3v) is 8.56. The second-order valence-electron chi connectivity index (χ2n) is 10.9. The van der Waals surface area contributed by atoms with Crippen molar-refractivity contribution in [3.8, 4) is 33.4 Å². The van der Waals surface area contributed by atoms with Crippen molar-refractivity contribution in [2.75, 3.05) is 0 Å². The highest BCUT2D eigenvalue weighted by Gasteiger charge is 2.18. The summed E-state index contributed by atoms with van der Waals surface area (Å²) >= 11 is 0. The molecule has 9 rings (SSSR count). The summed E-state index contributed by atoms with van der Waals surface area (Å²) in [6, 6.07) is 49.7. The van der Waals surface area contributed by atoms with E-state index in [1.807, 2.05) is 18.2 Å². The number of para-hydroxylation sites is 2. The molecule has 0 aliphatic heterocycles. The molecule has 0 saturated heterocycles. The van der Waals surface area contributed by atoms with Crippen LogP contribution in [0.1, 0.15) is 0 Å². The zero-order chi connectivity index (χ0) is 27.6. The van der Waals surface area contributed by atoms with Crippen LogP contribution in [0.25, 0.3) is 87.8 Å². The van der Waals surface area contributed by atoms with E-state index in [9.17, 15) is 0 Å². The van der Waals surface area contributed by atoms with Crippen LogP contribution >= 0.6 is 0 Å². The molecule has 0 amide bonds. The molecule has 0 bridgehead atoms. The minimum atomic E-state index is 0.913. The van der Waals surface area contributed by atoms with Gasteiger partial charge < -0.3 is 8.83 Å². The third-order valence-electron chi connectivity index (χ3n) is 8.56. The summed E-state index contributed by atoms with van der Waals surface area (Å²) in [6.45, 7) is 0. The molecule has 0 fully saturated rings. The summed E-state index contributed by atoms with van der Waals surface area (Å²) in [5.74, 6) is 0. The molecule has 0 N–H and O–H groups in total. The lowest BCUT2D eigenvalue weighted by Gasteiger charge is -2.18. The van der Waals surface area contributed by atoms with Gasteiger partial charge in [0, 0.05) is 21.7 Å². The molecule has 0 radical (unpaired) electrons. The average Bonchev–Trinajstić information content (AvgIpc) is 3.68. The molecule has 0 spiro atoms. The van der Waals surface area contributed by atoms with Gasteiger partial charge in [-0.15, -0.1) is 0 Å². The number of rotatable bonds is 3.